The van der Waals surface area contributed by atoms with E-state index in [0.29, 0.717) is 19.3 Å². The highest BCUT2D eigenvalue weighted by molar-refractivity contribution is 5.77. The second kappa shape index (κ2) is 51.8. The van der Waals surface area contributed by atoms with Gasteiger partial charge in [-0.3, -0.25) is 9.59 Å². The molecule has 0 fully saturated rings. The number of esters is 1. The average Bonchev–Trinajstić information content (AvgIpc) is 3.30. The Hall–Kier alpha value is -3.22. The number of allylic oxidation sites excluding steroid dienone is 16. The predicted octanol–water partition coefficient (Wildman–Crippen LogP) is 16.5. The van der Waals surface area contributed by atoms with Gasteiger partial charge in [-0.1, -0.05) is 246 Å². The first kappa shape index (κ1) is 61.8. The van der Waals surface area contributed by atoms with E-state index in [-0.39, 0.29) is 24.9 Å². The first-order chi connectivity index (χ1) is 32.0. The van der Waals surface area contributed by atoms with Gasteiger partial charge in [0.05, 0.1) is 25.2 Å². The van der Waals surface area contributed by atoms with Crippen molar-refractivity contribution in [3.63, 3.8) is 0 Å². The maximum atomic E-state index is 13.2. The summed E-state index contributed by atoms with van der Waals surface area (Å²) in [6.45, 7) is 6.27. The molecule has 0 radical (unpaired) electrons. The van der Waals surface area contributed by atoms with Crippen molar-refractivity contribution in [2.75, 3.05) is 6.61 Å². The number of carbonyl (C=O) groups is 2. The third kappa shape index (κ3) is 47.1. The Morgan fingerprint density at radius 3 is 1.48 bits per heavy atom. The number of unbranched alkanes of at least 4 members (excludes halogenated alkanes) is 23. The molecule has 3 N–H and O–H groups in total. The summed E-state index contributed by atoms with van der Waals surface area (Å²) in [6, 6.07) is -0.725. The van der Waals surface area contributed by atoms with E-state index in [4.69, 9.17) is 4.74 Å². The number of aliphatic hydroxyl groups excluding tert-OH is 2. The van der Waals surface area contributed by atoms with Crippen molar-refractivity contribution >= 4 is 11.9 Å². The maximum absolute atomic E-state index is 13.2. The van der Waals surface area contributed by atoms with Crippen molar-refractivity contribution < 1.29 is 24.5 Å². The summed E-state index contributed by atoms with van der Waals surface area (Å²) in [5.74, 6) is -0.546. The number of hydrogen-bond donors (Lipinski definition) is 3. The highest BCUT2D eigenvalue weighted by Crippen LogP contribution is 2.17. The fourth-order valence-electron chi connectivity index (χ4n) is 7.71. The summed E-state index contributed by atoms with van der Waals surface area (Å²) in [7, 11) is 0. The van der Waals surface area contributed by atoms with Gasteiger partial charge in [0.1, 0.15) is 6.10 Å². The highest BCUT2D eigenvalue weighted by Gasteiger charge is 2.24. The number of nitrogens with one attached hydrogen (secondary N) is 1. The fourth-order valence-corrected chi connectivity index (χ4v) is 7.71. The standard InChI is InChI=1S/C59H101NO5/c1-4-7-10-13-16-19-22-25-27-29-30-32-34-37-40-43-46-49-52-59(64)65-55(50-47-44-41-38-35-24-21-18-15-12-9-6-3)53-58(63)60-56(54-61)57(62)51-48-45-42-39-36-33-31-28-26-23-20-17-14-11-8-5-2/h9-10,12-13,16,18-19,21-22,25,27,29-30,32,35,38,55-57,61-62H,4-8,11,14-15,17,20,23-24,26,28,31,33-34,36-37,39-54H2,1-3H3,(H,60,63)/b12-9+,13-10+,19-16+,21-18+,25-22+,29-27+,32-30+,38-35+. The van der Waals surface area contributed by atoms with Crippen LogP contribution in [0.4, 0.5) is 0 Å². The minimum absolute atomic E-state index is 0.0356. The van der Waals surface area contributed by atoms with Crippen molar-refractivity contribution in [1.29, 1.82) is 0 Å². The molecule has 6 nitrogen and oxygen atoms in total. The van der Waals surface area contributed by atoms with Crippen LogP contribution in [0.15, 0.2) is 97.2 Å². The zero-order chi connectivity index (χ0) is 47.4. The first-order valence-electron chi connectivity index (χ1n) is 27.0. The van der Waals surface area contributed by atoms with Crippen LogP contribution in [-0.4, -0.2) is 46.9 Å². The Labute approximate surface area is 401 Å². The van der Waals surface area contributed by atoms with Crippen molar-refractivity contribution in [1.82, 2.24) is 5.32 Å². The van der Waals surface area contributed by atoms with Gasteiger partial charge in [-0.15, -0.1) is 0 Å². The largest absolute Gasteiger partial charge is 0.462 e. The minimum atomic E-state index is -0.808. The number of hydrogen-bond acceptors (Lipinski definition) is 5. The van der Waals surface area contributed by atoms with Crippen molar-refractivity contribution in [2.45, 2.75) is 257 Å². The molecule has 0 saturated carbocycles. The summed E-state index contributed by atoms with van der Waals surface area (Å²) in [6.07, 6.45) is 68.9. The number of ether oxygens (including phenoxy) is 1. The second-order valence-corrected chi connectivity index (χ2v) is 18.0. The van der Waals surface area contributed by atoms with E-state index in [1.165, 1.54) is 89.9 Å². The van der Waals surface area contributed by atoms with Gasteiger partial charge in [-0.25, -0.2) is 0 Å². The molecule has 3 unspecified atom stereocenters. The molecular formula is C59H101NO5. The molecule has 0 heterocycles. The van der Waals surface area contributed by atoms with E-state index < -0.39 is 18.2 Å². The molecule has 372 valence electrons. The van der Waals surface area contributed by atoms with Crippen LogP contribution >= 0.6 is 0 Å². The van der Waals surface area contributed by atoms with Gasteiger partial charge >= 0.3 is 5.97 Å². The molecular weight excluding hydrogens is 803 g/mol. The maximum Gasteiger partial charge on any atom is 0.306 e. The number of rotatable bonds is 47. The monoisotopic (exact) mass is 904 g/mol. The Morgan fingerprint density at radius 2 is 0.923 bits per heavy atom. The SMILES string of the molecule is CC/C=C/C/C=C/C/C=C/CCCCC(CC(=O)NC(CO)C(O)CCCCCCCCCCCCCCCCCC)OC(=O)CCCCCCC/C=C/C=C/C=C/C=C/C=C/CCC. The number of amides is 1. The second-order valence-electron chi connectivity index (χ2n) is 18.0. The van der Waals surface area contributed by atoms with Crippen LogP contribution in [0.1, 0.15) is 239 Å². The molecule has 0 rings (SSSR count). The molecule has 0 aromatic carbocycles. The number of aliphatic hydroxyl groups is 2. The van der Waals surface area contributed by atoms with Gasteiger partial charge in [0.15, 0.2) is 0 Å². The molecule has 0 bridgehead atoms. The van der Waals surface area contributed by atoms with Gasteiger partial charge in [0, 0.05) is 6.42 Å². The smallest absolute Gasteiger partial charge is 0.306 e. The summed E-state index contributed by atoms with van der Waals surface area (Å²) in [4.78, 5) is 26.2. The van der Waals surface area contributed by atoms with Crippen LogP contribution in [0, 0.1) is 0 Å². The minimum Gasteiger partial charge on any atom is -0.462 e. The summed E-state index contributed by atoms with van der Waals surface area (Å²) in [5, 5.41) is 23.8. The first-order valence-corrected chi connectivity index (χ1v) is 27.0. The highest BCUT2D eigenvalue weighted by atomic mass is 16.5. The topological polar surface area (TPSA) is 95.9 Å². The van der Waals surface area contributed by atoms with E-state index in [2.05, 4.69) is 99.0 Å². The molecule has 0 spiro atoms. The third-order valence-corrected chi connectivity index (χ3v) is 11.8. The van der Waals surface area contributed by atoms with Gasteiger partial charge in [0.2, 0.25) is 5.91 Å². The molecule has 0 aromatic rings. The lowest BCUT2D eigenvalue weighted by atomic mass is 10.0. The van der Waals surface area contributed by atoms with Crippen LogP contribution in [0.5, 0.6) is 0 Å². The van der Waals surface area contributed by atoms with Crippen LogP contribution < -0.4 is 5.32 Å². The molecule has 0 aliphatic rings. The molecule has 0 aromatic heterocycles. The van der Waals surface area contributed by atoms with Crippen LogP contribution in [0.25, 0.3) is 0 Å². The Morgan fingerprint density at radius 1 is 0.477 bits per heavy atom. The molecule has 0 saturated heterocycles. The van der Waals surface area contributed by atoms with Crippen molar-refractivity contribution in [3.05, 3.63) is 97.2 Å². The summed E-state index contributed by atoms with van der Waals surface area (Å²) < 4.78 is 5.91. The third-order valence-electron chi connectivity index (χ3n) is 11.8. The average molecular weight is 904 g/mol. The van der Waals surface area contributed by atoms with E-state index in [9.17, 15) is 19.8 Å². The van der Waals surface area contributed by atoms with Gasteiger partial charge in [-0.2, -0.15) is 0 Å². The van der Waals surface area contributed by atoms with E-state index in [1.54, 1.807) is 0 Å². The Bertz CT molecular complexity index is 1290. The molecule has 3 atom stereocenters. The van der Waals surface area contributed by atoms with E-state index in [0.717, 1.165) is 103 Å². The zero-order valence-electron chi connectivity index (χ0n) is 42.3. The molecule has 6 heteroatoms. The molecule has 0 aliphatic carbocycles. The van der Waals surface area contributed by atoms with Crippen molar-refractivity contribution in [3.8, 4) is 0 Å². The Balaban J connectivity index is 4.62. The van der Waals surface area contributed by atoms with Crippen molar-refractivity contribution in [2.24, 2.45) is 0 Å². The van der Waals surface area contributed by atoms with Crippen LogP contribution in [-0.2, 0) is 14.3 Å². The fraction of sp³-hybridized carbons (Fsp3) is 0.695. The summed E-state index contributed by atoms with van der Waals surface area (Å²) >= 11 is 0. The molecule has 65 heavy (non-hydrogen) atoms. The summed E-state index contributed by atoms with van der Waals surface area (Å²) in [5.41, 5.74) is 0. The van der Waals surface area contributed by atoms with E-state index >= 15 is 0 Å². The van der Waals surface area contributed by atoms with E-state index in [1.807, 2.05) is 24.3 Å². The Kier molecular flexibility index (Phi) is 49.2. The molecule has 0 aliphatic heterocycles. The van der Waals surface area contributed by atoms with Crippen LogP contribution in [0.2, 0.25) is 0 Å². The number of carbonyl (C=O) groups excluding carboxylic acids is 2. The lowest BCUT2D eigenvalue weighted by molar-refractivity contribution is -0.151. The lowest BCUT2D eigenvalue weighted by Gasteiger charge is -2.24. The van der Waals surface area contributed by atoms with Crippen LogP contribution in [0.3, 0.4) is 0 Å². The lowest BCUT2D eigenvalue weighted by Crippen LogP contribution is -2.46. The normalized spacial score (nSPS) is 14.0. The zero-order valence-corrected chi connectivity index (χ0v) is 42.3. The van der Waals surface area contributed by atoms with Gasteiger partial charge in [-0.05, 0) is 77.0 Å². The predicted molar refractivity (Wildman–Crippen MR) is 282 cm³/mol. The quantitative estimate of drug-likeness (QED) is 0.0245. The molecule has 1 amide bonds. The van der Waals surface area contributed by atoms with Gasteiger partial charge < -0.3 is 20.3 Å². The van der Waals surface area contributed by atoms with Gasteiger partial charge in [0.25, 0.3) is 0 Å².